The first-order valence-corrected chi connectivity index (χ1v) is 10.3. The van der Waals surface area contributed by atoms with Gasteiger partial charge in [-0.3, -0.25) is 0 Å². The molecule has 2 aromatic heterocycles. The Labute approximate surface area is 180 Å². The zero-order valence-corrected chi connectivity index (χ0v) is 17.1. The smallest absolute Gasteiger partial charge is 0.213 e. The van der Waals surface area contributed by atoms with Gasteiger partial charge in [-0.25, -0.2) is 13.9 Å². The van der Waals surface area contributed by atoms with Crippen molar-refractivity contribution in [1.29, 1.82) is 0 Å². The summed E-state index contributed by atoms with van der Waals surface area (Å²) < 4.78 is 16.4. The van der Waals surface area contributed by atoms with E-state index in [4.69, 9.17) is 23.2 Å². The molecule has 0 saturated heterocycles. The number of nitrogens with zero attached hydrogens (tertiary/aromatic N) is 3. The fourth-order valence-corrected chi connectivity index (χ4v) is 4.53. The molecule has 0 spiro atoms. The predicted octanol–water partition coefficient (Wildman–Crippen LogP) is 7.24. The number of rotatable bonds is 3. The Kier molecular flexibility index (Phi) is 4.59. The molecule has 5 aromatic rings. The number of hydrogen-bond donors (Lipinski definition) is 0. The molecule has 29 heavy (non-hydrogen) atoms. The van der Waals surface area contributed by atoms with Crippen LogP contribution in [0.4, 0.5) is 4.39 Å². The summed E-state index contributed by atoms with van der Waals surface area (Å²) in [5.74, 6) is -0.282. The number of aromatic nitrogens is 3. The fourth-order valence-electron chi connectivity index (χ4n) is 3.14. The van der Waals surface area contributed by atoms with Gasteiger partial charge in [-0.2, -0.15) is 5.10 Å². The van der Waals surface area contributed by atoms with E-state index in [9.17, 15) is 4.39 Å². The second kappa shape index (κ2) is 7.26. The summed E-state index contributed by atoms with van der Waals surface area (Å²) >= 11 is 13.6. The van der Waals surface area contributed by atoms with Crippen molar-refractivity contribution in [1.82, 2.24) is 14.6 Å². The van der Waals surface area contributed by atoms with E-state index in [0.29, 0.717) is 36.8 Å². The lowest BCUT2D eigenvalue weighted by Crippen LogP contribution is -1.87. The van der Waals surface area contributed by atoms with E-state index in [1.54, 1.807) is 28.9 Å². The van der Waals surface area contributed by atoms with Crippen LogP contribution in [0.25, 0.3) is 37.9 Å². The summed E-state index contributed by atoms with van der Waals surface area (Å²) in [6.07, 6.45) is 1.80. The molecular formula is C22H12Cl2FN3S. The molecule has 2 heterocycles. The second-order valence-corrected chi connectivity index (χ2v) is 8.24. The highest BCUT2D eigenvalue weighted by Crippen LogP contribution is 2.33. The highest BCUT2D eigenvalue weighted by Gasteiger charge is 2.15. The molecule has 0 aliphatic carbocycles. The minimum atomic E-state index is -0.282. The van der Waals surface area contributed by atoms with E-state index in [1.807, 2.05) is 42.5 Å². The quantitative estimate of drug-likeness (QED) is 0.296. The molecule has 0 aliphatic heterocycles. The van der Waals surface area contributed by atoms with Crippen molar-refractivity contribution in [2.45, 2.75) is 0 Å². The molecule has 142 valence electrons. The number of benzene rings is 3. The molecule has 0 unspecified atom stereocenters. The van der Waals surface area contributed by atoms with E-state index in [1.165, 1.54) is 17.4 Å². The average Bonchev–Trinajstić information content (AvgIpc) is 3.28. The van der Waals surface area contributed by atoms with Crippen molar-refractivity contribution in [3.8, 4) is 33.0 Å². The van der Waals surface area contributed by atoms with Gasteiger partial charge in [0.1, 0.15) is 10.8 Å². The maximum atomic E-state index is 14.7. The molecule has 7 heteroatoms. The number of imidazole rings is 1. The van der Waals surface area contributed by atoms with Crippen LogP contribution in [0.1, 0.15) is 0 Å². The molecule has 0 saturated carbocycles. The number of hydrogen-bond acceptors (Lipinski definition) is 3. The minimum Gasteiger partial charge on any atom is -0.217 e. The summed E-state index contributed by atoms with van der Waals surface area (Å²) in [5.41, 5.74) is 3.62. The molecular weight excluding hydrogens is 428 g/mol. The van der Waals surface area contributed by atoms with Gasteiger partial charge in [0.2, 0.25) is 4.96 Å². The highest BCUT2D eigenvalue weighted by molar-refractivity contribution is 7.19. The first kappa shape index (κ1) is 18.3. The van der Waals surface area contributed by atoms with Crippen LogP contribution in [0.2, 0.25) is 10.0 Å². The molecule has 0 N–H and O–H groups in total. The van der Waals surface area contributed by atoms with Gasteiger partial charge in [0.25, 0.3) is 0 Å². The lowest BCUT2D eigenvalue weighted by Gasteiger charge is -2.04. The van der Waals surface area contributed by atoms with Crippen LogP contribution in [-0.4, -0.2) is 14.6 Å². The van der Waals surface area contributed by atoms with Crippen LogP contribution in [0, 0.1) is 5.82 Å². The van der Waals surface area contributed by atoms with Gasteiger partial charge in [0.15, 0.2) is 0 Å². The Hall–Kier alpha value is -2.73. The summed E-state index contributed by atoms with van der Waals surface area (Å²) in [5, 5.41) is 6.35. The van der Waals surface area contributed by atoms with Gasteiger partial charge in [-0.05, 0) is 29.8 Å². The maximum Gasteiger partial charge on any atom is 0.213 e. The molecule has 5 rings (SSSR count). The first-order valence-electron chi connectivity index (χ1n) is 8.75. The molecule has 0 aliphatic rings. The van der Waals surface area contributed by atoms with Crippen LogP contribution in [0.3, 0.4) is 0 Å². The van der Waals surface area contributed by atoms with Crippen molar-refractivity contribution in [2.24, 2.45) is 0 Å². The Morgan fingerprint density at radius 2 is 1.66 bits per heavy atom. The standard InChI is InChI=1S/C22H12Cl2FN3S/c23-15-7-9-17(18(24)11-15)20-12-28-22(26-20)29-21(27-28)14-6-8-16(19(25)10-14)13-4-2-1-3-5-13/h1-12H. The van der Waals surface area contributed by atoms with E-state index in [2.05, 4.69) is 10.1 Å². The second-order valence-electron chi connectivity index (χ2n) is 6.45. The molecule has 0 fully saturated rings. The number of halogens is 3. The van der Waals surface area contributed by atoms with Gasteiger partial charge in [-0.15, -0.1) is 0 Å². The summed E-state index contributed by atoms with van der Waals surface area (Å²) in [7, 11) is 0. The normalized spacial score (nSPS) is 11.3. The van der Waals surface area contributed by atoms with Crippen molar-refractivity contribution in [3.63, 3.8) is 0 Å². The zero-order valence-electron chi connectivity index (χ0n) is 14.8. The van der Waals surface area contributed by atoms with E-state index < -0.39 is 0 Å². The van der Waals surface area contributed by atoms with Crippen LogP contribution >= 0.6 is 34.5 Å². The molecule has 3 nitrogen and oxygen atoms in total. The Balaban J connectivity index is 1.50. The van der Waals surface area contributed by atoms with Gasteiger partial charge < -0.3 is 0 Å². The van der Waals surface area contributed by atoms with Crippen LogP contribution in [-0.2, 0) is 0 Å². The SMILES string of the molecule is Fc1cc(-c2nn3cc(-c4ccc(Cl)cc4Cl)nc3s2)ccc1-c1ccccc1. The first-order chi connectivity index (χ1) is 14.1. The van der Waals surface area contributed by atoms with Crippen molar-refractivity contribution in [3.05, 3.63) is 88.8 Å². The Morgan fingerprint density at radius 1 is 0.862 bits per heavy atom. The minimum absolute atomic E-state index is 0.282. The third-order valence-corrected chi connectivity index (χ3v) is 6.07. The van der Waals surface area contributed by atoms with Crippen LogP contribution < -0.4 is 0 Å². The Morgan fingerprint density at radius 3 is 2.38 bits per heavy atom. The molecule has 0 atom stereocenters. The van der Waals surface area contributed by atoms with Gasteiger partial charge >= 0.3 is 0 Å². The molecule has 3 aromatic carbocycles. The van der Waals surface area contributed by atoms with E-state index in [0.717, 1.165) is 11.1 Å². The lowest BCUT2D eigenvalue weighted by atomic mass is 10.0. The van der Waals surface area contributed by atoms with Gasteiger partial charge in [0.05, 0.1) is 16.9 Å². The maximum absolute atomic E-state index is 14.7. The highest BCUT2D eigenvalue weighted by atomic mass is 35.5. The summed E-state index contributed by atoms with van der Waals surface area (Å²) in [4.78, 5) is 5.31. The van der Waals surface area contributed by atoms with Crippen molar-refractivity contribution < 1.29 is 4.39 Å². The Bertz CT molecular complexity index is 1310. The molecule has 0 radical (unpaired) electrons. The average molecular weight is 440 g/mol. The zero-order chi connectivity index (χ0) is 20.0. The van der Waals surface area contributed by atoms with Crippen LogP contribution in [0.15, 0.2) is 72.9 Å². The summed E-state index contributed by atoms with van der Waals surface area (Å²) in [6, 6.07) is 19.9. The molecule has 0 bridgehead atoms. The van der Waals surface area contributed by atoms with Crippen molar-refractivity contribution in [2.75, 3.05) is 0 Å². The summed E-state index contributed by atoms with van der Waals surface area (Å²) in [6.45, 7) is 0. The number of fused-ring (bicyclic) bond motifs is 1. The third-order valence-electron chi connectivity index (χ3n) is 4.55. The molecule has 0 amide bonds. The van der Waals surface area contributed by atoms with Gasteiger partial charge in [0, 0.05) is 21.7 Å². The monoisotopic (exact) mass is 439 g/mol. The van der Waals surface area contributed by atoms with Crippen LogP contribution in [0.5, 0.6) is 0 Å². The van der Waals surface area contributed by atoms with Gasteiger partial charge in [-0.1, -0.05) is 77.0 Å². The largest absolute Gasteiger partial charge is 0.217 e. The topological polar surface area (TPSA) is 30.2 Å². The lowest BCUT2D eigenvalue weighted by molar-refractivity contribution is 0.632. The van der Waals surface area contributed by atoms with E-state index in [-0.39, 0.29) is 5.82 Å². The fraction of sp³-hybridized carbons (Fsp3) is 0. The van der Waals surface area contributed by atoms with E-state index >= 15 is 0 Å². The predicted molar refractivity (Wildman–Crippen MR) is 117 cm³/mol. The third kappa shape index (κ3) is 3.42. The van der Waals surface area contributed by atoms with Crippen molar-refractivity contribution >= 4 is 39.5 Å².